The predicted molar refractivity (Wildman–Crippen MR) is 457 cm³/mol. The number of aliphatic hydroxyl groups is 1. The number of hydrogen-bond acceptors (Lipinski definition) is 13. The van der Waals surface area contributed by atoms with Crippen molar-refractivity contribution in [2.45, 2.75) is 179 Å². The van der Waals surface area contributed by atoms with Crippen LogP contribution in [0.1, 0.15) is 185 Å². The molecule has 2 aliphatic rings. The van der Waals surface area contributed by atoms with E-state index in [1.807, 2.05) is 108 Å². The highest BCUT2D eigenvalue weighted by molar-refractivity contribution is 5.91. The molecular formula is C98H87F16N11O6. The minimum Gasteiger partial charge on any atom is -0.444 e. The molecule has 682 valence electrons. The molecule has 131 heavy (non-hydrogen) atoms. The zero-order valence-corrected chi connectivity index (χ0v) is 71.2. The number of carbonyl (C=O) groups is 4. The molecule has 5 N–H and O–H groups in total. The number of amides is 1. The zero-order valence-electron chi connectivity index (χ0n) is 71.2. The minimum atomic E-state index is -4.82. The summed E-state index contributed by atoms with van der Waals surface area (Å²) in [7, 11) is 0. The number of fused-ring (bicyclic) bond motifs is 3. The van der Waals surface area contributed by atoms with E-state index in [2.05, 4.69) is 42.0 Å². The number of alkyl carbamates (subject to hydrolysis) is 1. The number of aromatic nitrogens is 9. The first-order valence-corrected chi connectivity index (χ1v) is 41.5. The van der Waals surface area contributed by atoms with Crippen LogP contribution in [0.2, 0.25) is 0 Å². The molecule has 6 aromatic heterocycles. The third-order valence-electron chi connectivity index (χ3n) is 22.3. The number of H-pyrrole nitrogens is 1. The lowest BCUT2D eigenvalue weighted by Crippen LogP contribution is -2.33. The Kier molecular flexibility index (Phi) is 29.0. The van der Waals surface area contributed by atoms with E-state index in [9.17, 15) is 94.5 Å². The molecule has 0 radical (unpaired) electrons. The van der Waals surface area contributed by atoms with Crippen LogP contribution in [0.25, 0.3) is 50.0 Å². The third-order valence-corrected chi connectivity index (χ3v) is 22.3. The van der Waals surface area contributed by atoms with Gasteiger partial charge in [-0.25, -0.2) is 63.1 Å². The first-order valence-electron chi connectivity index (χ1n) is 41.5. The Bertz CT molecular complexity index is 6340. The number of nitrogens with zero attached hydrogens (tertiary/aromatic N) is 8. The van der Waals surface area contributed by atoms with Gasteiger partial charge >= 0.3 is 12.3 Å². The van der Waals surface area contributed by atoms with E-state index in [0.717, 1.165) is 79.3 Å². The summed E-state index contributed by atoms with van der Waals surface area (Å²) in [5.41, 5.74) is 10.1. The van der Waals surface area contributed by atoms with Crippen molar-refractivity contribution >= 4 is 40.0 Å². The number of benzene rings is 7. The van der Waals surface area contributed by atoms with Crippen molar-refractivity contribution in [2.24, 2.45) is 5.73 Å². The van der Waals surface area contributed by atoms with Crippen LogP contribution in [0.5, 0.6) is 0 Å². The summed E-state index contributed by atoms with van der Waals surface area (Å²) in [6.45, 7) is 11.7. The number of aliphatic hydroxyl groups excluding tert-OH is 1. The number of nitrogens with two attached hydrogens (primary N) is 1. The molecular weight excluding hydrogens is 1730 g/mol. The molecule has 7 aromatic carbocycles. The standard InChI is InChI=1S/C37H37F2N3O3.C31H26F6N4O2.C30H24F8N4O/c1-23-7-10-26(11-8-23)33-6-5-13-40-35(33)27(14-25-15-29(38)20-30(39)16-25)18-31(43)19-28-22-41-34-17-24(9-12-32(28)34)21-42-36(44)45-37(2,3)4;1-16(38)24-13-18(4-5-25(24)34)23-3-2-8-39-29(23)19(9-17-10-20(32)14-21(33)11-17)12-22(42)15-41-26-6-7-27(43)28(26)30(40-41)31(35,36)37;1-16-2-4-18(5-3-16)23-13-39-15-40-25(23)19(8-17-9-20(31)12-21(32)10-17)11-22(43)14-42-27-24(26(41-42)28(33)34)29(35,36)6-7-30(27,37)38/h5-13,15-17,20,22,27,41H,14,18-19,21H2,1-4H3,(H,42,44);2-5,8,10-11,13-14,19,27,43H,1,6-7,9,12,15,38H2;2-5,9-10,12-13,15,19,28H,6-8,11,14H2,1H3/t27-;19-,27?;19-/m111/s1. The second-order valence-electron chi connectivity index (χ2n) is 33.5. The summed E-state index contributed by atoms with van der Waals surface area (Å²) in [5, 5.41) is 20.8. The van der Waals surface area contributed by atoms with E-state index in [-0.39, 0.29) is 95.5 Å². The van der Waals surface area contributed by atoms with Crippen molar-refractivity contribution in [3.05, 3.63) is 338 Å². The summed E-state index contributed by atoms with van der Waals surface area (Å²) in [4.78, 5) is 73.3. The Morgan fingerprint density at radius 1 is 0.588 bits per heavy atom. The summed E-state index contributed by atoms with van der Waals surface area (Å²) in [6.07, 6.45) is -5.43. The summed E-state index contributed by atoms with van der Waals surface area (Å²) >= 11 is 0. The van der Waals surface area contributed by atoms with E-state index in [0.29, 0.717) is 63.6 Å². The van der Waals surface area contributed by atoms with Crippen LogP contribution in [0.15, 0.2) is 201 Å². The molecule has 0 saturated heterocycles. The van der Waals surface area contributed by atoms with E-state index >= 15 is 0 Å². The largest absolute Gasteiger partial charge is 0.444 e. The number of alkyl halides is 9. The van der Waals surface area contributed by atoms with E-state index in [4.69, 9.17) is 15.5 Å². The predicted octanol–water partition coefficient (Wildman–Crippen LogP) is 22.5. The average molecular weight is 1820 g/mol. The van der Waals surface area contributed by atoms with Crippen molar-refractivity contribution in [3.63, 3.8) is 0 Å². The van der Waals surface area contributed by atoms with E-state index in [1.165, 1.54) is 49.1 Å². The van der Waals surface area contributed by atoms with Gasteiger partial charge in [0.1, 0.15) is 76.4 Å². The van der Waals surface area contributed by atoms with Crippen LogP contribution in [0.4, 0.5) is 75.0 Å². The Morgan fingerprint density at radius 3 is 1.59 bits per heavy atom. The number of Topliss-reactive ketones (excluding diaryl/α,β-unsaturated/α-hetero) is 3. The topological polar surface area (TPSA) is 239 Å². The van der Waals surface area contributed by atoms with Gasteiger partial charge in [-0.2, -0.15) is 32.1 Å². The number of pyridine rings is 2. The quantitative estimate of drug-likeness (QED) is 0.0334. The highest BCUT2D eigenvalue weighted by atomic mass is 19.4. The lowest BCUT2D eigenvalue weighted by Gasteiger charge is -2.29. The first kappa shape index (κ1) is 95.1. The highest BCUT2D eigenvalue weighted by Gasteiger charge is 2.55. The third kappa shape index (κ3) is 23.6. The zero-order chi connectivity index (χ0) is 94.3. The average Bonchev–Trinajstić information content (AvgIpc) is 1.59. The molecule has 4 atom stereocenters. The second-order valence-corrected chi connectivity index (χ2v) is 33.5. The van der Waals surface area contributed by atoms with Crippen molar-refractivity contribution < 1.29 is 99.3 Å². The van der Waals surface area contributed by atoms with Gasteiger partial charge in [0.05, 0.1) is 35.3 Å². The Morgan fingerprint density at radius 2 is 1.08 bits per heavy atom. The second kappa shape index (κ2) is 39.9. The van der Waals surface area contributed by atoms with Gasteiger partial charge in [0.25, 0.3) is 18.3 Å². The number of halogens is 16. The molecule has 0 spiro atoms. The van der Waals surface area contributed by atoms with Gasteiger partial charge in [-0.3, -0.25) is 33.7 Å². The van der Waals surface area contributed by atoms with Crippen LogP contribution in [-0.2, 0) is 88.9 Å². The number of ketones is 3. The fraction of sp³-hybridized carbons (Fsp3) is 0.286. The molecule has 17 nitrogen and oxygen atoms in total. The van der Waals surface area contributed by atoms with Gasteiger partial charge in [0.2, 0.25) is 0 Å². The van der Waals surface area contributed by atoms with Crippen LogP contribution < -0.4 is 11.1 Å². The molecule has 1 amide bonds. The Labute approximate surface area is 741 Å². The van der Waals surface area contributed by atoms with Gasteiger partial charge in [-0.05, 0) is 178 Å². The van der Waals surface area contributed by atoms with Gasteiger partial charge in [-0.15, -0.1) is 0 Å². The van der Waals surface area contributed by atoms with Gasteiger partial charge < -0.3 is 25.9 Å². The molecule has 0 aliphatic heterocycles. The number of nitrogens with one attached hydrogen (secondary N) is 2. The fourth-order valence-electron chi connectivity index (χ4n) is 16.6. The van der Waals surface area contributed by atoms with Crippen LogP contribution in [0, 0.1) is 54.6 Å². The van der Waals surface area contributed by atoms with Gasteiger partial charge in [-0.1, -0.05) is 96.6 Å². The molecule has 15 rings (SSSR count). The van der Waals surface area contributed by atoms with Crippen LogP contribution in [-0.4, -0.2) is 78.6 Å². The number of aromatic amines is 1. The summed E-state index contributed by atoms with van der Waals surface area (Å²) < 4.78 is 233. The fourth-order valence-corrected chi connectivity index (χ4v) is 16.6. The maximum Gasteiger partial charge on any atom is 0.435 e. The number of hydrogen-bond donors (Lipinski definition) is 4. The minimum absolute atomic E-state index is 0.0122. The molecule has 13 aromatic rings. The maximum atomic E-state index is 14.8. The summed E-state index contributed by atoms with van der Waals surface area (Å²) in [5.74, 6) is -16.7. The normalized spacial score (nSPS) is 14.6. The Balaban J connectivity index is 0.000000167. The van der Waals surface area contributed by atoms with Crippen LogP contribution >= 0.6 is 0 Å². The molecule has 6 heterocycles. The van der Waals surface area contributed by atoms with E-state index in [1.54, 1.807) is 30.5 Å². The van der Waals surface area contributed by atoms with Crippen molar-refractivity contribution in [1.29, 1.82) is 0 Å². The highest BCUT2D eigenvalue weighted by Crippen LogP contribution is 2.53. The molecule has 0 saturated carbocycles. The molecule has 0 bridgehead atoms. The van der Waals surface area contributed by atoms with Gasteiger partial charge in [0, 0.05) is 156 Å². The Hall–Kier alpha value is -13.5. The monoisotopic (exact) mass is 1820 g/mol. The number of carbonyl (C=O) groups excluding carboxylic acids is 4. The van der Waals surface area contributed by atoms with E-state index < -0.39 is 167 Å². The summed E-state index contributed by atoms with van der Waals surface area (Å²) in [6, 6.07) is 41.5. The van der Waals surface area contributed by atoms with Crippen LogP contribution in [0.3, 0.4) is 0 Å². The first-order chi connectivity index (χ1) is 62.0. The van der Waals surface area contributed by atoms with Crippen molar-refractivity contribution in [3.8, 4) is 33.4 Å². The number of ether oxygens (including phenoxy) is 1. The maximum absolute atomic E-state index is 14.8. The molecule has 0 fully saturated rings. The van der Waals surface area contributed by atoms with Crippen molar-refractivity contribution in [2.75, 3.05) is 0 Å². The van der Waals surface area contributed by atoms with Crippen molar-refractivity contribution in [1.82, 2.24) is 49.8 Å². The molecule has 2 aliphatic carbocycles. The molecule has 33 heteroatoms. The lowest BCUT2D eigenvalue weighted by molar-refractivity contribution is -0.143. The lowest BCUT2D eigenvalue weighted by atomic mass is 9.86. The number of rotatable bonds is 28. The molecule has 1 unspecified atom stereocenters. The van der Waals surface area contributed by atoms with Gasteiger partial charge in [0.15, 0.2) is 17.3 Å². The smallest absolute Gasteiger partial charge is 0.435 e. The SMILES string of the molecule is C=C(N)c1cc(-c2cccnc2[C@@H](CC(=O)Cn2nc(C(F)(F)F)c3c2CCC3O)Cc2cc(F)cc(F)c2)ccc1F.Cc1ccc(-c2cccnc2[C@@H](CC(=O)Cc2c[nH]c3cc(CNC(=O)OC(C)(C)C)ccc23)Cc2cc(F)cc(F)c2)cc1.Cc1ccc(-c2cncnc2[C@@H](CC(=O)Cn2nc(C(F)F)c3c2C(F)(F)CCC3(F)F)Cc2cc(F)cc(F)c2)cc1. The number of aryl methyl sites for hydroxylation is 2.